The Morgan fingerprint density at radius 2 is 1.88 bits per heavy atom. The molecule has 2 aromatic rings. The van der Waals surface area contributed by atoms with Crippen LogP contribution in [0.1, 0.15) is 10.4 Å². The topological polar surface area (TPSA) is 20.2 Å². The van der Waals surface area contributed by atoms with Crippen molar-refractivity contribution in [1.29, 1.82) is 0 Å². The highest BCUT2D eigenvalue weighted by atomic mass is 79.9. The zero-order chi connectivity index (χ0) is 11.4. The van der Waals surface area contributed by atoms with E-state index in [2.05, 4.69) is 40.2 Å². The molecule has 0 radical (unpaired) electrons. The van der Waals surface area contributed by atoms with E-state index < -0.39 is 0 Å². The first-order chi connectivity index (χ1) is 7.78. The Hall–Kier alpha value is -0.290. The van der Waals surface area contributed by atoms with Crippen LogP contribution in [0.2, 0.25) is 0 Å². The molecule has 1 aromatic carbocycles. The van der Waals surface area contributed by atoms with E-state index in [4.69, 9.17) is 5.11 Å². The normalized spacial score (nSPS) is 10.6. The zero-order valence-corrected chi connectivity index (χ0v) is 11.7. The number of rotatable bonds is 4. The van der Waals surface area contributed by atoms with Crippen molar-refractivity contribution in [2.24, 2.45) is 0 Å². The third kappa shape index (κ3) is 3.35. The van der Waals surface area contributed by atoms with Crippen molar-refractivity contribution >= 4 is 39.0 Å². The van der Waals surface area contributed by atoms with Gasteiger partial charge in [0.25, 0.3) is 0 Å². The van der Waals surface area contributed by atoms with Crippen LogP contribution in [0.3, 0.4) is 0 Å². The molecule has 0 aliphatic rings. The number of hydrogen-bond donors (Lipinski definition) is 1. The van der Waals surface area contributed by atoms with Gasteiger partial charge in [-0.05, 0) is 45.8 Å². The first kappa shape index (κ1) is 12.2. The number of benzene rings is 1. The Kier molecular flexibility index (Phi) is 4.46. The molecule has 0 fully saturated rings. The van der Waals surface area contributed by atoms with E-state index in [1.54, 1.807) is 11.3 Å². The van der Waals surface area contributed by atoms with E-state index in [1.165, 1.54) is 13.6 Å². The molecule has 84 valence electrons. The first-order valence-electron chi connectivity index (χ1n) is 4.85. The van der Waals surface area contributed by atoms with Crippen LogP contribution in [-0.2, 0) is 12.4 Å². The van der Waals surface area contributed by atoms with Gasteiger partial charge in [0.05, 0.1) is 10.4 Å². The van der Waals surface area contributed by atoms with Crippen molar-refractivity contribution in [3.8, 4) is 0 Å². The molecule has 2 rings (SSSR count). The van der Waals surface area contributed by atoms with Gasteiger partial charge in [-0.1, -0.05) is 12.1 Å². The summed E-state index contributed by atoms with van der Waals surface area (Å²) in [6, 6.07) is 12.3. The van der Waals surface area contributed by atoms with E-state index in [9.17, 15) is 0 Å². The van der Waals surface area contributed by atoms with Gasteiger partial charge in [0, 0.05) is 15.5 Å². The fourth-order valence-electron chi connectivity index (χ4n) is 1.27. The monoisotopic (exact) mass is 314 g/mol. The van der Waals surface area contributed by atoms with Gasteiger partial charge in [-0.15, -0.1) is 23.1 Å². The van der Waals surface area contributed by atoms with Crippen molar-refractivity contribution < 1.29 is 5.11 Å². The molecule has 0 saturated carbocycles. The predicted octanol–water partition coefficient (Wildman–Crippen LogP) is 4.30. The largest absolute Gasteiger partial charge is 0.392 e. The number of aliphatic hydroxyl groups is 1. The Labute approximate surface area is 112 Å². The first-order valence-corrected chi connectivity index (χ1v) is 7.44. The molecule has 0 atom stereocenters. The summed E-state index contributed by atoms with van der Waals surface area (Å²) in [4.78, 5) is 2.60. The van der Waals surface area contributed by atoms with E-state index in [1.807, 2.05) is 23.9 Å². The molecule has 0 saturated heterocycles. The fourth-order valence-corrected chi connectivity index (χ4v) is 3.70. The minimum atomic E-state index is 0.114. The smallest absolute Gasteiger partial charge is 0.0701 e. The maximum absolute atomic E-state index is 8.93. The highest BCUT2D eigenvalue weighted by Crippen LogP contribution is 2.29. The van der Waals surface area contributed by atoms with Crippen LogP contribution in [0.25, 0.3) is 0 Å². The van der Waals surface area contributed by atoms with E-state index >= 15 is 0 Å². The molecule has 1 aromatic heterocycles. The lowest BCUT2D eigenvalue weighted by Crippen LogP contribution is -1.81. The standard InChI is InChI=1S/C12H11BrOS2/c13-12-6-5-11(16-12)8-15-10-3-1-9(7-14)2-4-10/h1-6,14H,7-8H2. The number of thiophene rings is 1. The van der Waals surface area contributed by atoms with Crippen molar-refractivity contribution in [2.45, 2.75) is 17.3 Å². The lowest BCUT2D eigenvalue weighted by Gasteiger charge is -2.01. The summed E-state index contributed by atoms with van der Waals surface area (Å²) >= 11 is 7.04. The van der Waals surface area contributed by atoms with Gasteiger partial charge < -0.3 is 5.11 Å². The molecule has 0 aliphatic carbocycles. The van der Waals surface area contributed by atoms with E-state index in [0.29, 0.717) is 0 Å². The number of halogens is 1. The molecular weight excluding hydrogens is 304 g/mol. The maximum atomic E-state index is 8.93. The Morgan fingerprint density at radius 3 is 2.44 bits per heavy atom. The minimum Gasteiger partial charge on any atom is -0.392 e. The second-order valence-corrected chi connectivity index (χ2v) is 6.89. The summed E-state index contributed by atoms with van der Waals surface area (Å²) in [5.41, 5.74) is 0.961. The molecule has 0 unspecified atom stereocenters. The van der Waals surface area contributed by atoms with E-state index in [0.717, 1.165) is 11.3 Å². The Morgan fingerprint density at radius 1 is 1.12 bits per heavy atom. The molecule has 1 heterocycles. The summed E-state index contributed by atoms with van der Waals surface area (Å²) in [6.45, 7) is 0.114. The molecular formula is C12H11BrOS2. The minimum absolute atomic E-state index is 0.114. The highest BCUT2D eigenvalue weighted by Gasteiger charge is 1.99. The third-order valence-corrected chi connectivity index (χ3v) is 4.98. The quantitative estimate of drug-likeness (QED) is 0.849. The van der Waals surface area contributed by atoms with E-state index in [-0.39, 0.29) is 6.61 Å². The Balaban J connectivity index is 1.94. The van der Waals surface area contributed by atoms with Crippen LogP contribution in [0.5, 0.6) is 0 Å². The predicted molar refractivity (Wildman–Crippen MR) is 73.9 cm³/mol. The molecule has 4 heteroatoms. The molecule has 0 amide bonds. The lowest BCUT2D eigenvalue weighted by molar-refractivity contribution is 0.282. The van der Waals surface area contributed by atoms with Crippen LogP contribution in [0.15, 0.2) is 45.1 Å². The maximum Gasteiger partial charge on any atom is 0.0701 e. The molecule has 0 bridgehead atoms. The summed E-state index contributed by atoms with van der Waals surface area (Å²) < 4.78 is 1.18. The third-order valence-electron chi connectivity index (χ3n) is 2.12. The van der Waals surface area contributed by atoms with Crippen LogP contribution in [-0.4, -0.2) is 5.11 Å². The summed E-state index contributed by atoms with van der Waals surface area (Å²) in [5.74, 6) is 0.995. The number of aliphatic hydroxyl groups excluding tert-OH is 1. The van der Waals surface area contributed by atoms with Crippen molar-refractivity contribution in [3.63, 3.8) is 0 Å². The second-order valence-electron chi connectivity index (χ2n) is 3.30. The molecule has 16 heavy (non-hydrogen) atoms. The summed E-state index contributed by atoms with van der Waals surface area (Å²) in [5, 5.41) is 8.93. The van der Waals surface area contributed by atoms with Crippen LogP contribution < -0.4 is 0 Å². The molecule has 0 aliphatic heterocycles. The van der Waals surface area contributed by atoms with Crippen molar-refractivity contribution in [3.05, 3.63) is 50.6 Å². The van der Waals surface area contributed by atoms with Gasteiger partial charge in [0.2, 0.25) is 0 Å². The molecule has 0 spiro atoms. The highest BCUT2D eigenvalue weighted by molar-refractivity contribution is 9.11. The number of thioether (sulfide) groups is 1. The average Bonchev–Trinajstić information content (AvgIpc) is 2.73. The number of hydrogen-bond acceptors (Lipinski definition) is 3. The fraction of sp³-hybridized carbons (Fsp3) is 0.167. The lowest BCUT2D eigenvalue weighted by atomic mass is 10.2. The summed E-state index contributed by atoms with van der Waals surface area (Å²) in [7, 11) is 0. The van der Waals surface area contributed by atoms with Gasteiger partial charge in [-0.2, -0.15) is 0 Å². The van der Waals surface area contributed by atoms with Crippen molar-refractivity contribution in [2.75, 3.05) is 0 Å². The van der Waals surface area contributed by atoms with Crippen molar-refractivity contribution in [1.82, 2.24) is 0 Å². The van der Waals surface area contributed by atoms with Crippen LogP contribution in [0, 0.1) is 0 Å². The van der Waals surface area contributed by atoms with Crippen LogP contribution in [0.4, 0.5) is 0 Å². The second kappa shape index (κ2) is 5.87. The SMILES string of the molecule is OCc1ccc(SCc2ccc(Br)s2)cc1. The molecule has 1 nitrogen and oxygen atoms in total. The average molecular weight is 315 g/mol. The van der Waals surface area contributed by atoms with Gasteiger partial charge in [-0.25, -0.2) is 0 Å². The van der Waals surface area contributed by atoms with Gasteiger partial charge in [0.1, 0.15) is 0 Å². The van der Waals surface area contributed by atoms with Gasteiger partial charge >= 0.3 is 0 Å². The summed E-state index contributed by atoms with van der Waals surface area (Å²) in [6.07, 6.45) is 0. The van der Waals surface area contributed by atoms with Gasteiger partial charge in [0.15, 0.2) is 0 Å². The van der Waals surface area contributed by atoms with Gasteiger partial charge in [-0.3, -0.25) is 0 Å². The van der Waals surface area contributed by atoms with Crippen LogP contribution >= 0.6 is 39.0 Å². The Bertz CT molecular complexity index is 450. The molecule has 1 N–H and O–H groups in total. The zero-order valence-electron chi connectivity index (χ0n) is 8.52.